The normalized spacial score (nSPS) is 13.2. The standard InChI is InChI=1S/C13H15Br2NO/c1-4-16-8(3)12-7(2)10-5-9(14)6-11(15)13(10)17-12/h5-6,8,16H,4H2,1-3H3. The molecule has 92 valence electrons. The van der Waals surface area contributed by atoms with Gasteiger partial charge in [-0.05, 0) is 48.5 Å². The Labute approximate surface area is 118 Å². The molecule has 1 atom stereocenters. The maximum atomic E-state index is 5.97. The van der Waals surface area contributed by atoms with Gasteiger partial charge in [0.2, 0.25) is 0 Å². The summed E-state index contributed by atoms with van der Waals surface area (Å²) in [5.74, 6) is 1.01. The zero-order valence-electron chi connectivity index (χ0n) is 10.1. The van der Waals surface area contributed by atoms with Crippen LogP contribution in [0.2, 0.25) is 0 Å². The molecule has 0 fully saturated rings. The second-order valence-electron chi connectivity index (χ2n) is 4.13. The molecule has 0 aliphatic carbocycles. The monoisotopic (exact) mass is 359 g/mol. The van der Waals surface area contributed by atoms with E-state index in [4.69, 9.17) is 4.42 Å². The van der Waals surface area contributed by atoms with Crippen LogP contribution in [0, 0.1) is 6.92 Å². The van der Waals surface area contributed by atoms with E-state index in [1.165, 1.54) is 5.56 Å². The molecule has 1 heterocycles. The third-order valence-electron chi connectivity index (χ3n) is 2.90. The van der Waals surface area contributed by atoms with Gasteiger partial charge in [0.1, 0.15) is 11.3 Å². The SMILES string of the molecule is CCNC(C)c1oc2c(Br)cc(Br)cc2c1C. The second kappa shape index (κ2) is 5.12. The molecule has 0 radical (unpaired) electrons. The largest absolute Gasteiger partial charge is 0.458 e. The maximum Gasteiger partial charge on any atom is 0.148 e. The third-order valence-corrected chi connectivity index (χ3v) is 3.94. The van der Waals surface area contributed by atoms with Gasteiger partial charge in [0, 0.05) is 15.4 Å². The number of aryl methyl sites for hydroxylation is 1. The number of fused-ring (bicyclic) bond motifs is 1. The summed E-state index contributed by atoms with van der Waals surface area (Å²) in [5.41, 5.74) is 2.13. The highest BCUT2D eigenvalue weighted by atomic mass is 79.9. The van der Waals surface area contributed by atoms with Crippen molar-refractivity contribution in [2.24, 2.45) is 0 Å². The Morgan fingerprint density at radius 1 is 1.35 bits per heavy atom. The third kappa shape index (κ3) is 2.44. The number of hydrogen-bond donors (Lipinski definition) is 1. The fourth-order valence-corrected chi connectivity index (χ4v) is 3.38. The first-order valence-electron chi connectivity index (χ1n) is 5.66. The van der Waals surface area contributed by atoms with Crippen molar-refractivity contribution >= 4 is 42.8 Å². The van der Waals surface area contributed by atoms with E-state index >= 15 is 0 Å². The van der Waals surface area contributed by atoms with Crippen molar-refractivity contribution < 1.29 is 4.42 Å². The van der Waals surface area contributed by atoms with E-state index in [9.17, 15) is 0 Å². The van der Waals surface area contributed by atoms with Gasteiger partial charge in [-0.1, -0.05) is 22.9 Å². The topological polar surface area (TPSA) is 25.2 Å². The van der Waals surface area contributed by atoms with E-state index in [-0.39, 0.29) is 6.04 Å². The lowest BCUT2D eigenvalue weighted by molar-refractivity contribution is 0.455. The van der Waals surface area contributed by atoms with Crippen molar-refractivity contribution in [1.82, 2.24) is 5.32 Å². The quantitative estimate of drug-likeness (QED) is 0.838. The highest BCUT2D eigenvalue weighted by Crippen LogP contribution is 2.36. The number of benzene rings is 1. The highest BCUT2D eigenvalue weighted by Gasteiger charge is 2.17. The highest BCUT2D eigenvalue weighted by molar-refractivity contribution is 9.11. The van der Waals surface area contributed by atoms with Gasteiger partial charge >= 0.3 is 0 Å². The second-order valence-corrected chi connectivity index (χ2v) is 5.90. The van der Waals surface area contributed by atoms with E-state index in [0.717, 1.165) is 32.2 Å². The Bertz CT molecular complexity index is 548. The summed E-state index contributed by atoms with van der Waals surface area (Å²) >= 11 is 7.05. The number of nitrogens with one attached hydrogen (secondary N) is 1. The summed E-state index contributed by atoms with van der Waals surface area (Å²) in [6, 6.07) is 4.34. The molecule has 0 spiro atoms. The first-order chi connectivity index (χ1) is 8.04. The molecule has 1 aromatic heterocycles. The van der Waals surface area contributed by atoms with Crippen LogP contribution in [0.1, 0.15) is 31.2 Å². The molecule has 0 aliphatic heterocycles. The molecule has 4 heteroatoms. The molecule has 2 aromatic rings. The number of halogens is 2. The van der Waals surface area contributed by atoms with Crippen LogP contribution in [0.15, 0.2) is 25.5 Å². The van der Waals surface area contributed by atoms with Crippen LogP contribution < -0.4 is 5.32 Å². The lowest BCUT2D eigenvalue weighted by Gasteiger charge is -2.09. The predicted molar refractivity (Wildman–Crippen MR) is 78.4 cm³/mol. The molecule has 1 N–H and O–H groups in total. The Morgan fingerprint density at radius 3 is 2.71 bits per heavy atom. The summed E-state index contributed by atoms with van der Waals surface area (Å²) in [6.07, 6.45) is 0. The van der Waals surface area contributed by atoms with E-state index in [2.05, 4.69) is 64.0 Å². The van der Waals surface area contributed by atoms with Crippen molar-refractivity contribution in [3.63, 3.8) is 0 Å². The molecule has 0 aliphatic rings. The molecule has 2 nitrogen and oxygen atoms in total. The lowest BCUT2D eigenvalue weighted by Crippen LogP contribution is -2.17. The first-order valence-corrected chi connectivity index (χ1v) is 7.24. The van der Waals surface area contributed by atoms with Crippen molar-refractivity contribution in [1.29, 1.82) is 0 Å². The van der Waals surface area contributed by atoms with Gasteiger partial charge in [0.15, 0.2) is 0 Å². The minimum Gasteiger partial charge on any atom is -0.458 e. The van der Waals surface area contributed by atoms with Crippen LogP contribution >= 0.6 is 31.9 Å². The molecular weight excluding hydrogens is 346 g/mol. The maximum absolute atomic E-state index is 5.97. The van der Waals surface area contributed by atoms with E-state index in [1.807, 2.05) is 6.07 Å². The van der Waals surface area contributed by atoms with Gasteiger partial charge < -0.3 is 9.73 Å². The number of hydrogen-bond acceptors (Lipinski definition) is 2. The van der Waals surface area contributed by atoms with Gasteiger partial charge in [-0.3, -0.25) is 0 Å². The number of rotatable bonds is 3. The van der Waals surface area contributed by atoms with E-state index in [0.29, 0.717) is 0 Å². The molecule has 1 aromatic carbocycles. The molecule has 2 rings (SSSR count). The molecule has 17 heavy (non-hydrogen) atoms. The Kier molecular flexibility index (Phi) is 3.95. The summed E-state index contributed by atoms with van der Waals surface area (Å²) in [5, 5.41) is 4.54. The van der Waals surface area contributed by atoms with Crippen molar-refractivity contribution in [3.8, 4) is 0 Å². The fourth-order valence-electron chi connectivity index (χ4n) is 2.07. The van der Waals surface area contributed by atoms with Gasteiger partial charge in [-0.25, -0.2) is 0 Å². The Morgan fingerprint density at radius 2 is 2.06 bits per heavy atom. The number of furan rings is 1. The smallest absolute Gasteiger partial charge is 0.148 e. The molecule has 0 saturated heterocycles. The lowest BCUT2D eigenvalue weighted by atomic mass is 10.1. The zero-order chi connectivity index (χ0) is 12.6. The van der Waals surface area contributed by atoms with E-state index < -0.39 is 0 Å². The van der Waals surface area contributed by atoms with Crippen LogP contribution in [-0.4, -0.2) is 6.54 Å². The van der Waals surface area contributed by atoms with Crippen LogP contribution in [0.25, 0.3) is 11.0 Å². The summed E-state index contributed by atoms with van der Waals surface area (Å²) in [6.45, 7) is 7.26. The van der Waals surface area contributed by atoms with Crippen LogP contribution in [-0.2, 0) is 0 Å². The zero-order valence-corrected chi connectivity index (χ0v) is 13.3. The molecule has 0 saturated carbocycles. The predicted octanol–water partition coefficient (Wildman–Crippen LogP) is 4.94. The average Bonchev–Trinajstić information content (AvgIpc) is 2.57. The Hall–Kier alpha value is -0.320. The van der Waals surface area contributed by atoms with Gasteiger partial charge in [-0.15, -0.1) is 0 Å². The molecule has 0 bridgehead atoms. The molecule has 0 amide bonds. The summed E-state index contributed by atoms with van der Waals surface area (Å²) in [4.78, 5) is 0. The first kappa shape index (κ1) is 13.1. The van der Waals surface area contributed by atoms with Crippen molar-refractivity contribution in [3.05, 3.63) is 32.4 Å². The minimum atomic E-state index is 0.234. The van der Waals surface area contributed by atoms with Crippen LogP contribution in [0.5, 0.6) is 0 Å². The minimum absolute atomic E-state index is 0.234. The van der Waals surface area contributed by atoms with Gasteiger partial charge in [0.25, 0.3) is 0 Å². The molecular formula is C13H15Br2NO. The van der Waals surface area contributed by atoms with Crippen LogP contribution in [0.3, 0.4) is 0 Å². The van der Waals surface area contributed by atoms with E-state index in [1.54, 1.807) is 0 Å². The van der Waals surface area contributed by atoms with Crippen molar-refractivity contribution in [2.75, 3.05) is 6.54 Å². The molecule has 1 unspecified atom stereocenters. The Balaban J connectivity index is 2.60. The van der Waals surface area contributed by atoms with Gasteiger partial charge in [-0.2, -0.15) is 0 Å². The average molecular weight is 361 g/mol. The van der Waals surface area contributed by atoms with Crippen molar-refractivity contribution in [2.45, 2.75) is 26.8 Å². The fraction of sp³-hybridized carbons (Fsp3) is 0.385. The van der Waals surface area contributed by atoms with Gasteiger partial charge in [0.05, 0.1) is 10.5 Å². The van der Waals surface area contributed by atoms with Crippen LogP contribution in [0.4, 0.5) is 0 Å². The summed E-state index contributed by atoms with van der Waals surface area (Å²) < 4.78 is 8.01. The summed E-state index contributed by atoms with van der Waals surface area (Å²) in [7, 11) is 0.